The number of hydrogen-bond donors (Lipinski definition) is 2. The number of nitrogens with one attached hydrogen (secondary N) is 1. The van der Waals surface area contributed by atoms with Crippen LogP contribution in [0, 0.1) is 0 Å². The standard InChI is InChI=1S/C20H24ClN3O3S/c1-20(2,3)18-9-6-14(12-22-18)7-10-19(25)23-13-15-5-8-17(16(21)11-15)24(4)28(26)27/h5-12H,13H2,1-4H3,(H,23,25)(H,26,27). The maximum Gasteiger partial charge on any atom is 0.261 e. The van der Waals surface area contributed by atoms with Crippen molar-refractivity contribution in [2.75, 3.05) is 11.4 Å². The van der Waals surface area contributed by atoms with Gasteiger partial charge in [0.15, 0.2) is 0 Å². The number of nitrogens with zero attached hydrogens (tertiary/aromatic N) is 2. The molecule has 0 bridgehead atoms. The van der Waals surface area contributed by atoms with Crippen LogP contribution in [0.5, 0.6) is 0 Å². The average molecular weight is 422 g/mol. The molecule has 0 saturated carbocycles. The highest BCUT2D eigenvalue weighted by Gasteiger charge is 2.14. The number of hydrogen-bond acceptors (Lipinski definition) is 3. The highest BCUT2D eigenvalue weighted by atomic mass is 35.5. The minimum atomic E-state index is -2.15. The van der Waals surface area contributed by atoms with Gasteiger partial charge in [-0.15, -0.1) is 0 Å². The average Bonchev–Trinajstić information content (AvgIpc) is 2.63. The summed E-state index contributed by atoms with van der Waals surface area (Å²) in [5, 5.41) is 3.11. The Bertz CT molecular complexity index is 893. The molecule has 1 atom stereocenters. The van der Waals surface area contributed by atoms with Crippen molar-refractivity contribution < 1.29 is 13.6 Å². The smallest absolute Gasteiger partial charge is 0.261 e. The van der Waals surface area contributed by atoms with Gasteiger partial charge in [-0.25, -0.2) is 4.21 Å². The second-order valence-corrected chi connectivity index (χ2v) is 8.71. The van der Waals surface area contributed by atoms with Gasteiger partial charge in [0, 0.05) is 37.0 Å². The van der Waals surface area contributed by atoms with E-state index in [9.17, 15) is 9.00 Å². The Labute approximate surface area is 173 Å². The number of carbonyl (C=O) groups is 1. The van der Waals surface area contributed by atoms with Crippen LogP contribution in [0.3, 0.4) is 0 Å². The molecule has 0 aliphatic rings. The zero-order valence-corrected chi connectivity index (χ0v) is 17.8. The highest BCUT2D eigenvalue weighted by molar-refractivity contribution is 7.80. The Balaban J connectivity index is 1.94. The van der Waals surface area contributed by atoms with E-state index in [1.165, 1.54) is 13.1 Å². The van der Waals surface area contributed by atoms with Gasteiger partial charge in [0.25, 0.3) is 11.3 Å². The zero-order valence-electron chi connectivity index (χ0n) is 16.3. The number of pyridine rings is 1. The summed E-state index contributed by atoms with van der Waals surface area (Å²) in [4.78, 5) is 16.5. The van der Waals surface area contributed by atoms with Crippen LogP contribution >= 0.6 is 11.6 Å². The van der Waals surface area contributed by atoms with Gasteiger partial charge in [-0.2, -0.15) is 0 Å². The molecule has 1 aromatic heterocycles. The molecule has 2 rings (SSSR count). The SMILES string of the molecule is CN(c1ccc(CNC(=O)C=Cc2ccc(C(C)(C)C)nc2)cc1Cl)S(=O)O. The molecule has 2 aromatic rings. The molecule has 28 heavy (non-hydrogen) atoms. The Morgan fingerprint density at radius 2 is 2.04 bits per heavy atom. The molecule has 8 heteroatoms. The lowest BCUT2D eigenvalue weighted by Crippen LogP contribution is -2.21. The topological polar surface area (TPSA) is 82.5 Å². The molecule has 1 aromatic carbocycles. The van der Waals surface area contributed by atoms with Crippen LogP contribution < -0.4 is 9.62 Å². The minimum Gasteiger partial charge on any atom is -0.348 e. The summed E-state index contributed by atoms with van der Waals surface area (Å²) in [6.07, 6.45) is 4.90. The molecule has 1 amide bonds. The third kappa shape index (κ3) is 6.15. The normalized spacial score (nSPS) is 12.8. The zero-order chi connectivity index (χ0) is 20.9. The summed E-state index contributed by atoms with van der Waals surface area (Å²) in [6, 6.07) is 8.91. The van der Waals surface area contributed by atoms with Crippen LogP contribution in [-0.2, 0) is 28.0 Å². The number of carbonyl (C=O) groups excluding carboxylic acids is 1. The Kier molecular flexibility index (Phi) is 7.35. The predicted molar refractivity (Wildman–Crippen MR) is 114 cm³/mol. The fourth-order valence-electron chi connectivity index (χ4n) is 2.37. The van der Waals surface area contributed by atoms with E-state index in [0.29, 0.717) is 10.7 Å². The van der Waals surface area contributed by atoms with E-state index >= 15 is 0 Å². The monoisotopic (exact) mass is 421 g/mol. The molecule has 150 valence electrons. The van der Waals surface area contributed by atoms with E-state index < -0.39 is 11.3 Å². The van der Waals surface area contributed by atoms with Crippen LogP contribution in [0.4, 0.5) is 5.69 Å². The van der Waals surface area contributed by atoms with Crippen LogP contribution in [0.1, 0.15) is 37.6 Å². The molecule has 0 aliphatic heterocycles. The first-order chi connectivity index (χ1) is 13.1. The van der Waals surface area contributed by atoms with E-state index in [4.69, 9.17) is 16.2 Å². The molecule has 0 fully saturated rings. The second kappa shape index (κ2) is 9.32. The molecule has 0 spiro atoms. The molecule has 0 saturated heterocycles. The van der Waals surface area contributed by atoms with Crippen molar-refractivity contribution in [2.24, 2.45) is 0 Å². The van der Waals surface area contributed by atoms with Crippen molar-refractivity contribution in [1.29, 1.82) is 0 Å². The maximum absolute atomic E-state index is 12.0. The lowest BCUT2D eigenvalue weighted by molar-refractivity contribution is -0.116. The molecule has 0 aliphatic carbocycles. The molecule has 2 N–H and O–H groups in total. The van der Waals surface area contributed by atoms with Crippen molar-refractivity contribution in [3.8, 4) is 0 Å². The van der Waals surface area contributed by atoms with Crippen molar-refractivity contribution in [1.82, 2.24) is 10.3 Å². The lowest BCUT2D eigenvalue weighted by atomic mass is 9.91. The van der Waals surface area contributed by atoms with Gasteiger partial charge in [0.05, 0.1) is 10.7 Å². The number of rotatable bonds is 6. The molecule has 0 radical (unpaired) electrons. The summed E-state index contributed by atoms with van der Waals surface area (Å²) in [5.74, 6) is -0.242. The molecular weight excluding hydrogens is 398 g/mol. The summed E-state index contributed by atoms with van der Waals surface area (Å²) in [5.41, 5.74) is 3.03. The van der Waals surface area contributed by atoms with Gasteiger partial charge in [0.2, 0.25) is 5.91 Å². The Morgan fingerprint density at radius 3 is 2.57 bits per heavy atom. The first-order valence-corrected chi connectivity index (χ1v) is 10.1. The van der Waals surface area contributed by atoms with E-state index in [1.807, 2.05) is 12.1 Å². The lowest BCUT2D eigenvalue weighted by Gasteiger charge is -2.17. The first-order valence-electron chi connectivity index (χ1n) is 8.63. The van der Waals surface area contributed by atoms with E-state index in [2.05, 4.69) is 31.1 Å². The van der Waals surface area contributed by atoms with Gasteiger partial charge in [0.1, 0.15) is 0 Å². The number of aromatic nitrogens is 1. The van der Waals surface area contributed by atoms with Crippen molar-refractivity contribution in [3.63, 3.8) is 0 Å². The first kappa shape index (κ1) is 22.1. The quantitative estimate of drug-likeness (QED) is 0.546. The number of halogens is 1. The van der Waals surface area contributed by atoms with Gasteiger partial charge < -0.3 is 5.32 Å². The van der Waals surface area contributed by atoms with Crippen LogP contribution in [0.2, 0.25) is 5.02 Å². The van der Waals surface area contributed by atoms with Crippen LogP contribution in [-0.4, -0.2) is 26.7 Å². The molecule has 1 heterocycles. The fourth-order valence-corrected chi connectivity index (χ4v) is 3.07. The highest BCUT2D eigenvalue weighted by Crippen LogP contribution is 2.26. The van der Waals surface area contributed by atoms with E-state index in [0.717, 1.165) is 21.1 Å². The third-order valence-electron chi connectivity index (χ3n) is 4.03. The largest absolute Gasteiger partial charge is 0.348 e. The summed E-state index contributed by atoms with van der Waals surface area (Å²) in [6.45, 7) is 6.57. The molecular formula is C20H24ClN3O3S. The fraction of sp³-hybridized carbons (Fsp3) is 0.300. The number of amides is 1. The van der Waals surface area contributed by atoms with Crippen molar-refractivity contribution in [3.05, 3.63) is 64.4 Å². The summed E-state index contributed by atoms with van der Waals surface area (Å²) in [7, 11) is 1.46. The number of benzene rings is 1. The Hall–Kier alpha value is -2.22. The second-order valence-electron chi connectivity index (χ2n) is 7.29. The van der Waals surface area contributed by atoms with Gasteiger partial charge >= 0.3 is 0 Å². The van der Waals surface area contributed by atoms with Gasteiger partial charge in [-0.1, -0.05) is 44.5 Å². The van der Waals surface area contributed by atoms with E-state index in [-0.39, 0.29) is 17.9 Å². The summed E-state index contributed by atoms with van der Waals surface area (Å²) < 4.78 is 21.4. The van der Waals surface area contributed by atoms with E-state index in [1.54, 1.807) is 30.5 Å². The van der Waals surface area contributed by atoms with Crippen LogP contribution in [0.15, 0.2) is 42.6 Å². The van der Waals surface area contributed by atoms with Crippen molar-refractivity contribution >= 4 is 40.5 Å². The van der Waals surface area contributed by atoms with Gasteiger partial charge in [-0.05, 0) is 35.4 Å². The van der Waals surface area contributed by atoms with Gasteiger partial charge in [-0.3, -0.25) is 18.6 Å². The maximum atomic E-state index is 12.0. The Morgan fingerprint density at radius 1 is 1.32 bits per heavy atom. The summed E-state index contributed by atoms with van der Waals surface area (Å²) >= 11 is 4.00. The minimum absolute atomic E-state index is 0.0164. The molecule has 1 unspecified atom stereocenters. The van der Waals surface area contributed by atoms with Crippen molar-refractivity contribution in [2.45, 2.75) is 32.7 Å². The predicted octanol–water partition coefficient (Wildman–Crippen LogP) is 3.94. The molecule has 6 nitrogen and oxygen atoms in total. The number of anilines is 1. The third-order valence-corrected chi connectivity index (χ3v) is 5.00. The van der Waals surface area contributed by atoms with Crippen LogP contribution in [0.25, 0.3) is 6.08 Å².